The van der Waals surface area contributed by atoms with Crippen LogP contribution in [0.25, 0.3) is 0 Å². The Labute approximate surface area is 103 Å². The summed E-state index contributed by atoms with van der Waals surface area (Å²) in [6.07, 6.45) is 5.70. The lowest BCUT2D eigenvalue weighted by Gasteiger charge is -2.30. The first-order chi connectivity index (χ1) is 8.22. The minimum Gasteiger partial charge on any atom is -0.299 e. The maximum absolute atomic E-state index is 11.6. The van der Waals surface area contributed by atoms with Crippen LogP contribution in [0.5, 0.6) is 0 Å². The largest absolute Gasteiger partial charge is 0.299 e. The van der Waals surface area contributed by atoms with Crippen LogP contribution in [-0.4, -0.2) is 33.6 Å². The quantitative estimate of drug-likeness (QED) is 0.797. The predicted octanol–water partition coefficient (Wildman–Crippen LogP) is 1.70. The van der Waals surface area contributed by atoms with Gasteiger partial charge in [0.15, 0.2) is 0 Å². The standard InChI is InChI=1S/C13H21N3O/c1-3-12-10-15(6-5-13(12)17)8-11-7-14-16(4-2)9-11/h7,9,12H,3-6,8,10H2,1-2H3. The fraction of sp³-hybridized carbons (Fsp3) is 0.692. The van der Waals surface area contributed by atoms with Gasteiger partial charge in [-0.3, -0.25) is 14.4 Å². The SMILES string of the molecule is CCC1CN(Cc2cnn(CC)c2)CCC1=O. The zero-order chi connectivity index (χ0) is 12.3. The van der Waals surface area contributed by atoms with E-state index in [0.29, 0.717) is 12.2 Å². The summed E-state index contributed by atoms with van der Waals surface area (Å²) >= 11 is 0. The van der Waals surface area contributed by atoms with Gasteiger partial charge in [0.25, 0.3) is 0 Å². The number of hydrogen-bond donors (Lipinski definition) is 0. The Morgan fingerprint density at radius 2 is 2.29 bits per heavy atom. The number of carbonyl (C=O) groups is 1. The molecule has 1 aromatic heterocycles. The van der Waals surface area contributed by atoms with Crippen LogP contribution in [0.3, 0.4) is 0 Å². The van der Waals surface area contributed by atoms with Crippen LogP contribution < -0.4 is 0 Å². The van der Waals surface area contributed by atoms with Gasteiger partial charge in [0.2, 0.25) is 0 Å². The fourth-order valence-electron chi connectivity index (χ4n) is 2.40. The number of ketones is 1. The van der Waals surface area contributed by atoms with Crippen LogP contribution in [0.1, 0.15) is 32.3 Å². The van der Waals surface area contributed by atoms with Gasteiger partial charge in [0.1, 0.15) is 5.78 Å². The molecule has 2 heterocycles. The number of rotatable bonds is 4. The Morgan fingerprint density at radius 1 is 1.47 bits per heavy atom. The van der Waals surface area contributed by atoms with Crippen molar-refractivity contribution in [1.29, 1.82) is 0 Å². The minimum absolute atomic E-state index is 0.241. The highest BCUT2D eigenvalue weighted by Crippen LogP contribution is 2.17. The molecule has 4 nitrogen and oxygen atoms in total. The van der Waals surface area contributed by atoms with E-state index in [1.807, 2.05) is 10.9 Å². The van der Waals surface area contributed by atoms with Crippen LogP contribution in [0.15, 0.2) is 12.4 Å². The molecule has 0 aliphatic carbocycles. The predicted molar refractivity (Wildman–Crippen MR) is 66.6 cm³/mol. The van der Waals surface area contributed by atoms with Gasteiger partial charge in [-0.05, 0) is 13.3 Å². The van der Waals surface area contributed by atoms with Crippen molar-refractivity contribution in [2.45, 2.75) is 39.8 Å². The Balaban J connectivity index is 1.93. The summed E-state index contributed by atoms with van der Waals surface area (Å²) in [4.78, 5) is 14.0. The topological polar surface area (TPSA) is 38.1 Å². The van der Waals surface area contributed by atoms with E-state index in [-0.39, 0.29) is 5.92 Å². The molecular weight excluding hydrogens is 214 g/mol. The molecule has 0 amide bonds. The summed E-state index contributed by atoms with van der Waals surface area (Å²) in [5.74, 6) is 0.679. The normalized spacial score (nSPS) is 22.0. The van der Waals surface area contributed by atoms with Crippen molar-refractivity contribution >= 4 is 5.78 Å². The molecular formula is C13H21N3O. The molecule has 1 unspecified atom stereocenters. The molecule has 1 atom stereocenters. The second-order valence-electron chi connectivity index (χ2n) is 4.76. The molecule has 4 heteroatoms. The van der Waals surface area contributed by atoms with Crippen molar-refractivity contribution in [1.82, 2.24) is 14.7 Å². The molecule has 2 rings (SSSR count). The number of hydrogen-bond acceptors (Lipinski definition) is 3. The molecule has 0 aromatic carbocycles. The Kier molecular flexibility index (Phi) is 3.94. The third-order valence-corrected chi connectivity index (χ3v) is 3.52. The van der Waals surface area contributed by atoms with Crippen molar-refractivity contribution in [3.05, 3.63) is 18.0 Å². The Hall–Kier alpha value is -1.16. The van der Waals surface area contributed by atoms with Crippen molar-refractivity contribution < 1.29 is 4.79 Å². The first-order valence-corrected chi connectivity index (χ1v) is 6.49. The third kappa shape index (κ3) is 2.94. The van der Waals surface area contributed by atoms with E-state index >= 15 is 0 Å². The highest BCUT2D eigenvalue weighted by atomic mass is 16.1. The van der Waals surface area contributed by atoms with E-state index in [1.54, 1.807) is 0 Å². The maximum atomic E-state index is 11.6. The highest BCUT2D eigenvalue weighted by Gasteiger charge is 2.25. The summed E-state index contributed by atoms with van der Waals surface area (Å²) in [5.41, 5.74) is 1.25. The summed E-state index contributed by atoms with van der Waals surface area (Å²) in [5, 5.41) is 4.28. The van der Waals surface area contributed by atoms with Gasteiger partial charge in [0.05, 0.1) is 6.20 Å². The first-order valence-electron chi connectivity index (χ1n) is 6.49. The molecule has 0 spiro atoms. The van der Waals surface area contributed by atoms with Gasteiger partial charge < -0.3 is 0 Å². The van der Waals surface area contributed by atoms with E-state index in [4.69, 9.17) is 0 Å². The van der Waals surface area contributed by atoms with Gasteiger partial charge in [-0.15, -0.1) is 0 Å². The molecule has 0 N–H and O–H groups in total. The Bertz CT molecular complexity index is 386. The van der Waals surface area contributed by atoms with Gasteiger partial charge in [-0.1, -0.05) is 6.92 Å². The van der Waals surface area contributed by atoms with E-state index in [2.05, 4.69) is 30.0 Å². The van der Waals surface area contributed by atoms with E-state index < -0.39 is 0 Å². The molecule has 0 saturated carbocycles. The lowest BCUT2D eigenvalue weighted by atomic mass is 9.94. The monoisotopic (exact) mass is 235 g/mol. The lowest BCUT2D eigenvalue weighted by molar-refractivity contribution is -0.126. The van der Waals surface area contributed by atoms with Crippen molar-refractivity contribution in [2.75, 3.05) is 13.1 Å². The van der Waals surface area contributed by atoms with Crippen molar-refractivity contribution in [2.24, 2.45) is 5.92 Å². The molecule has 0 bridgehead atoms. The van der Waals surface area contributed by atoms with Crippen LogP contribution in [0.4, 0.5) is 0 Å². The average molecular weight is 235 g/mol. The number of likely N-dealkylation sites (tertiary alicyclic amines) is 1. The molecule has 17 heavy (non-hydrogen) atoms. The number of aromatic nitrogens is 2. The first kappa shape index (κ1) is 12.3. The zero-order valence-corrected chi connectivity index (χ0v) is 10.7. The van der Waals surface area contributed by atoms with E-state index in [1.165, 1.54) is 5.56 Å². The minimum atomic E-state index is 0.241. The van der Waals surface area contributed by atoms with E-state index in [0.717, 1.165) is 32.6 Å². The summed E-state index contributed by atoms with van der Waals surface area (Å²) in [6.45, 7) is 7.82. The van der Waals surface area contributed by atoms with Crippen LogP contribution in [0, 0.1) is 5.92 Å². The summed E-state index contributed by atoms with van der Waals surface area (Å²) in [6, 6.07) is 0. The van der Waals surface area contributed by atoms with Crippen LogP contribution in [-0.2, 0) is 17.9 Å². The molecule has 0 radical (unpaired) electrons. The molecule has 1 aliphatic rings. The third-order valence-electron chi connectivity index (χ3n) is 3.52. The maximum Gasteiger partial charge on any atom is 0.138 e. The average Bonchev–Trinajstić information content (AvgIpc) is 2.79. The van der Waals surface area contributed by atoms with Crippen LogP contribution >= 0.6 is 0 Å². The lowest BCUT2D eigenvalue weighted by Crippen LogP contribution is -2.39. The summed E-state index contributed by atoms with van der Waals surface area (Å²) < 4.78 is 1.95. The fourth-order valence-corrected chi connectivity index (χ4v) is 2.40. The van der Waals surface area contributed by atoms with E-state index in [9.17, 15) is 4.79 Å². The molecule has 1 fully saturated rings. The smallest absolute Gasteiger partial charge is 0.138 e. The summed E-state index contributed by atoms with van der Waals surface area (Å²) in [7, 11) is 0. The molecule has 1 aromatic rings. The second-order valence-corrected chi connectivity index (χ2v) is 4.76. The molecule has 1 aliphatic heterocycles. The second kappa shape index (κ2) is 5.45. The van der Waals surface area contributed by atoms with Crippen molar-refractivity contribution in [3.8, 4) is 0 Å². The van der Waals surface area contributed by atoms with Gasteiger partial charge in [-0.25, -0.2) is 0 Å². The number of nitrogens with zero attached hydrogens (tertiary/aromatic N) is 3. The number of aryl methyl sites for hydroxylation is 1. The highest BCUT2D eigenvalue weighted by molar-refractivity contribution is 5.82. The number of piperidine rings is 1. The van der Waals surface area contributed by atoms with Crippen LogP contribution in [0.2, 0.25) is 0 Å². The zero-order valence-electron chi connectivity index (χ0n) is 10.7. The van der Waals surface area contributed by atoms with Gasteiger partial charge >= 0.3 is 0 Å². The molecule has 1 saturated heterocycles. The molecule has 94 valence electrons. The van der Waals surface area contributed by atoms with Crippen molar-refractivity contribution in [3.63, 3.8) is 0 Å². The Morgan fingerprint density at radius 3 is 2.94 bits per heavy atom. The van der Waals surface area contributed by atoms with Gasteiger partial charge in [0, 0.05) is 50.3 Å². The van der Waals surface area contributed by atoms with Gasteiger partial charge in [-0.2, -0.15) is 5.10 Å². The number of carbonyl (C=O) groups excluding carboxylic acids is 1. The number of Topliss-reactive ketones (excluding diaryl/α,β-unsaturated/α-hetero) is 1.